The normalized spacial score (nSPS) is 21.7. The molecule has 1 aliphatic carbocycles. The minimum Gasteiger partial charge on any atom is -0.462 e. The minimum absolute atomic E-state index is 0.332. The summed E-state index contributed by atoms with van der Waals surface area (Å²) in [5.74, 6) is 2.58. The van der Waals surface area contributed by atoms with Gasteiger partial charge in [0.1, 0.15) is 5.82 Å². The van der Waals surface area contributed by atoms with Crippen LogP contribution in [0.15, 0.2) is 24.7 Å². The molecule has 2 aromatic heterocycles. The van der Waals surface area contributed by atoms with E-state index >= 15 is 0 Å². The van der Waals surface area contributed by atoms with Crippen LogP contribution in [0.5, 0.6) is 0 Å². The summed E-state index contributed by atoms with van der Waals surface area (Å²) in [6.45, 7) is 7.18. The van der Waals surface area contributed by atoms with Gasteiger partial charge in [-0.2, -0.15) is 5.10 Å². The number of esters is 1. The zero-order chi connectivity index (χ0) is 16.7. The molecule has 0 spiro atoms. The lowest BCUT2D eigenvalue weighted by atomic mass is 10.2. The maximum Gasteiger partial charge on any atom is 0.341 e. The number of carbonyl (C=O) groups excluding carboxylic acids is 1. The molecule has 126 valence electrons. The molecular formula is C18H22N4O2. The predicted molar refractivity (Wildman–Crippen MR) is 90.1 cm³/mol. The topological polar surface area (TPSA) is 60.2 Å². The fraction of sp³-hybridized carbons (Fsp3) is 0.500. The molecule has 0 aromatic carbocycles. The van der Waals surface area contributed by atoms with Crippen LogP contribution < -0.4 is 4.90 Å². The van der Waals surface area contributed by atoms with Gasteiger partial charge in [-0.3, -0.25) is 4.68 Å². The van der Waals surface area contributed by atoms with Crippen LogP contribution in [0.4, 0.5) is 5.82 Å². The van der Waals surface area contributed by atoms with Crippen molar-refractivity contribution in [1.29, 1.82) is 0 Å². The molecule has 0 amide bonds. The first-order valence-electron chi connectivity index (χ1n) is 8.54. The molecule has 0 radical (unpaired) electrons. The Morgan fingerprint density at radius 2 is 2.12 bits per heavy atom. The number of rotatable bonds is 5. The van der Waals surface area contributed by atoms with Gasteiger partial charge in [-0.1, -0.05) is 0 Å². The highest BCUT2D eigenvalue weighted by molar-refractivity contribution is 5.88. The molecule has 4 rings (SSSR count). The van der Waals surface area contributed by atoms with Crippen molar-refractivity contribution in [3.05, 3.63) is 41.3 Å². The third kappa shape index (κ3) is 2.88. The van der Waals surface area contributed by atoms with Gasteiger partial charge in [-0.05, 0) is 49.3 Å². The van der Waals surface area contributed by atoms with Gasteiger partial charge >= 0.3 is 5.97 Å². The largest absolute Gasteiger partial charge is 0.462 e. The van der Waals surface area contributed by atoms with E-state index in [1.165, 1.54) is 12.0 Å². The van der Waals surface area contributed by atoms with E-state index in [2.05, 4.69) is 28.0 Å². The van der Waals surface area contributed by atoms with Gasteiger partial charge in [0.15, 0.2) is 0 Å². The number of fused-ring (bicyclic) bond motifs is 1. The van der Waals surface area contributed by atoms with Crippen LogP contribution in [0.1, 0.15) is 34.8 Å². The number of hydrogen-bond donors (Lipinski definition) is 0. The molecule has 0 N–H and O–H groups in total. The minimum atomic E-state index is -0.332. The summed E-state index contributed by atoms with van der Waals surface area (Å²) in [6.07, 6.45) is 6.58. The van der Waals surface area contributed by atoms with Crippen LogP contribution in [0.25, 0.3) is 0 Å². The summed E-state index contributed by atoms with van der Waals surface area (Å²) in [6, 6.07) is 2.16. The lowest BCUT2D eigenvalue weighted by Crippen LogP contribution is -2.23. The van der Waals surface area contributed by atoms with E-state index < -0.39 is 0 Å². The number of ether oxygens (including phenoxy) is 1. The molecule has 0 bridgehead atoms. The van der Waals surface area contributed by atoms with Gasteiger partial charge in [-0.15, -0.1) is 0 Å². The number of aryl methyl sites for hydroxylation is 1. The van der Waals surface area contributed by atoms with Gasteiger partial charge in [0, 0.05) is 25.5 Å². The molecule has 1 saturated heterocycles. The Bertz CT molecular complexity index is 760. The van der Waals surface area contributed by atoms with Crippen molar-refractivity contribution in [3.63, 3.8) is 0 Å². The lowest BCUT2D eigenvalue weighted by Gasteiger charge is -2.21. The molecule has 2 fully saturated rings. The zero-order valence-electron chi connectivity index (χ0n) is 14.1. The molecule has 1 aliphatic heterocycles. The lowest BCUT2D eigenvalue weighted by molar-refractivity contribution is 0.0526. The van der Waals surface area contributed by atoms with E-state index in [-0.39, 0.29) is 5.97 Å². The Labute approximate surface area is 141 Å². The molecule has 1 saturated carbocycles. The first-order valence-corrected chi connectivity index (χ1v) is 8.54. The van der Waals surface area contributed by atoms with Crippen LogP contribution >= 0.6 is 0 Å². The molecule has 2 atom stereocenters. The fourth-order valence-corrected chi connectivity index (χ4v) is 3.57. The SMILES string of the molecule is CCOC(=O)c1cnn(Cc2cnc(N3CC4CC4C3)c(C)c2)c1. The predicted octanol–water partition coefficient (Wildman–Crippen LogP) is 2.27. The summed E-state index contributed by atoms with van der Waals surface area (Å²) in [4.78, 5) is 18.8. The molecule has 6 heteroatoms. The number of carbonyl (C=O) groups is 1. The third-order valence-corrected chi connectivity index (χ3v) is 4.87. The number of anilines is 1. The summed E-state index contributed by atoms with van der Waals surface area (Å²) >= 11 is 0. The van der Waals surface area contributed by atoms with E-state index in [4.69, 9.17) is 4.74 Å². The molecule has 24 heavy (non-hydrogen) atoms. The highest BCUT2D eigenvalue weighted by Gasteiger charge is 2.45. The monoisotopic (exact) mass is 326 g/mol. The fourth-order valence-electron chi connectivity index (χ4n) is 3.57. The zero-order valence-corrected chi connectivity index (χ0v) is 14.1. The van der Waals surface area contributed by atoms with E-state index in [1.807, 2.05) is 6.20 Å². The summed E-state index contributed by atoms with van der Waals surface area (Å²) < 4.78 is 6.73. The van der Waals surface area contributed by atoms with Crippen LogP contribution in [0, 0.1) is 18.8 Å². The van der Waals surface area contributed by atoms with E-state index in [0.717, 1.165) is 36.3 Å². The van der Waals surface area contributed by atoms with Gasteiger partial charge < -0.3 is 9.64 Å². The van der Waals surface area contributed by atoms with E-state index in [1.54, 1.807) is 24.0 Å². The Morgan fingerprint density at radius 3 is 2.83 bits per heavy atom. The quantitative estimate of drug-likeness (QED) is 0.789. The second-order valence-corrected chi connectivity index (χ2v) is 6.79. The van der Waals surface area contributed by atoms with E-state index in [9.17, 15) is 4.79 Å². The number of aromatic nitrogens is 3. The van der Waals surface area contributed by atoms with Crippen molar-refractivity contribution in [2.75, 3.05) is 24.6 Å². The average Bonchev–Trinajstić information content (AvgIpc) is 2.97. The first-order chi connectivity index (χ1) is 11.6. The maximum absolute atomic E-state index is 11.7. The highest BCUT2D eigenvalue weighted by atomic mass is 16.5. The highest BCUT2D eigenvalue weighted by Crippen LogP contribution is 2.46. The van der Waals surface area contributed by atoms with Gasteiger partial charge in [0.25, 0.3) is 0 Å². The molecule has 2 aliphatic rings. The van der Waals surface area contributed by atoms with Crippen molar-refractivity contribution < 1.29 is 9.53 Å². The van der Waals surface area contributed by atoms with Crippen LogP contribution in [-0.2, 0) is 11.3 Å². The Kier molecular flexibility index (Phi) is 3.75. The van der Waals surface area contributed by atoms with Crippen LogP contribution in [0.3, 0.4) is 0 Å². The standard InChI is InChI=1S/C18H22N4O2/c1-3-24-18(23)16-7-20-22(11-16)8-13-4-12(2)17(19-6-13)21-9-14-5-15(14)10-21/h4,6-7,11,14-15H,3,5,8-10H2,1-2H3. The van der Waals surface area contributed by atoms with Crippen molar-refractivity contribution >= 4 is 11.8 Å². The van der Waals surface area contributed by atoms with Crippen molar-refractivity contribution in [2.24, 2.45) is 11.8 Å². The number of hydrogen-bond acceptors (Lipinski definition) is 5. The number of pyridine rings is 1. The van der Waals surface area contributed by atoms with E-state index in [0.29, 0.717) is 18.7 Å². The maximum atomic E-state index is 11.7. The smallest absolute Gasteiger partial charge is 0.341 e. The van der Waals surface area contributed by atoms with Gasteiger partial charge in [-0.25, -0.2) is 9.78 Å². The van der Waals surface area contributed by atoms with Gasteiger partial charge in [0.05, 0.1) is 24.9 Å². The van der Waals surface area contributed by atoms with Crippen molar-refractivity contribution in [1.82, 2.24) is 14.8 Å². The summed E-state index contributed by atoms with van der Waals surface area (Å²) in [7, 11) is 0. The molecular weight excluding hydrogens is 304 g/mol. The second-order valence-electron chi connectivity index (χ2n) is 6.79. The average molecular weight is 326 g/mol. The third-order valence-electron chi connectivity index (χ3n) is 4.87. The van der Waals surface area contributed by atoms with Crippen LogP contribution in [0.2, 0.25) is 0 Å². The Morgan fingerprint density at radius 1 is 1.33 bits per heavy atom. The Balaban J connectivity index is 1.45. The summed E-state index contributed by atoms with van der Waals surface area (Å²) in [5.41, 5.74) is 2.76. The van der Waals surface area contributed by atoms with Crippen molar-refractivity contribution in [2.45, 2.75) is 26.8 Å². The summed E-state index contributed by atoms with van der Waals surface area (Å²) in [5, 5.41) is 4.24. The molecule has 2 aromatic rings. The Hall–Kier alpha value is -2.37. The van der Waals surface area contributed by atoms with Crippen molar-refractivity contribution in [3.8, 4) is 0 Å². The molecule has 3 heterocycles. The first kappa shape index (κ1) is 15.2. The van der Waals surface area contributed by atoms with Gasteiger partial charge in [0.2, 0.25) is 0 Å². The number of nitrogens with zero attached hydrogens (tertiary/aromatic N) is 4. The van der Waals surface area contributed by atoms with Crippen LogP contribution in [-0.4, -0.2) is 40.4 Å². The number of piperidine rings is 1. The second kappa shape index (κ2) is 5.92. The molecule has 2 unspecified atom stereocenters. The molecule has 6 nitrogen and oxygen atoms in total.